The average Bonchev–Trinajstić information content (AvgIpc) is 3.31. The van der Waals surface area contributed by atoms with Gasteiger partial charge in [-0.05, 0) is 94.7 Å². The number of thiophene rings is 1. The fourth-order valence-electron chi connectivity index (χ4n) is 7.05. The van der Waals surface area contributed by atoms with Crippen LogP contribution in [-0.2, 0) is 11.2 Å². The first-order valence-electron chi connectivity index (χ1n) is 16.1. The lowest BCUT2D eigenvalue weighted by atomic mass is 9.83. The minimum atomic E-state index is -4.40. The Morgan fingerprint density at radius 1 is 1.09 bits per heavy atom. The molecule has 256 valence electrons. The van der Waals surface area contributed by atoms with E-state index in [4.69, 9.17) is 9.47 Å². The lowest BCUT2D eigenvalue weighted by Crippen LogP contribution is -2.57. The minimum absolute atomic E-state index is 0.159. The van der Waals surface area contributed by atoms with E-state index in [2.05, 4.69) is 68.4 Å². The molecule has 11 heteroatoms. The summed E-state index contributed by atoms with van der Waals surface area (Å²) in [6, 6.07) is 11.0. The van der Waals surface area contributed by atoms with Gasteiger partial charge in [0.15, 0.2) is 0 Å². The second-order valence-corrected chi connectivity index (χ2v) is 17.4. The SMILES string of the molecule is COc1cc(P(C)C)ccc1NCC#Cc1sc2c(N[C@@H]3CCN(C4CC(C)(C)OC(C)(C)C4)C[C@@H]3F)cccc2c1CC(F)(F)F. The number of halogens is 4. The average molecular weight is 692 g/mol. The molecule has 5 nitrogen and oxygen atoms in total. The number of ether oxygens (including phenoxy) is 2. The fraction of sp³-hybridized carbons (Fsp3) is 0.556. The molecule has 0 aliphatic carbocycles. The summed E-state index contributed by atoms with van der Waals surface area (Å²) in [5.74, 6) is 6.73. The highest BCUT2D eigenvalue weighted by atomic mass is 32.1. The Morgan fingerprint density at radius 2 is 1.81 bits per heavy atom. The van der Waals surface area contributed by atoms with Crippen molar-refractivity contribution in [1.29, 1.82) is 0 Å². The van der Waals surface area contributed by atoms with E-state index >= 15 is 4.39 Å². The largest absolute Gasteiger partial charge is 0.495 e. The molecule has 2 saturated heterocycles. The number of nitrogens with one attached hydrogen (secondary N) is 2. The third-order valence-electron chi connectivity index (χ3n) is 8.90. The van der Waals surface area contributed by atoms with E-state index in [1.807, 2.05) is 24.3 Å². The van der Waals surface area contributed by atoms with E-state index in [1.54, 1.807) is 19.2 Å². The van der Waals surface area contributed by atoms with Gasteiger partial charge in [-0.2, -0.15) is 13.2 Å². The number of methoxy groups -OCH3 is 1. The molecule has 1 aromatic heterocycles. The molecule has 2 atom stereocenters. The van der Waals surface area contributed by atoms with Crippen LogP contribution in [0, 0.1) is 11.8 Å². The topological polar surface area (TPSA) is 45.8 Å². The summed E-state index contributed by atoms with van der Waals surface area (Å²) in [6.45, 7) is 14.0. The molecule has 0 amide bonds. The lowest BCUT2D eigenvalue weighted by molar-refractivity contribution is -0.179. The maximum Gasteiger partial charge on any atom is 0.393 e. The first-order chi connectivity index (χ1) is 22.0. The second kappa shape index (κ2) is 14.1. The van der Waals surface area contributed by atoms with E-state index in [0.717, 1.165) is 25.1 Å². The summed E-state index contributed by atoms with van der Waals surface area (Å²) in [5.41, 5.74) is 1.02. The summed E-state index contributed by atoms with van der Waals surface area (Å²) in [6.07, 6.45) is -4.32. The number of fused-ring (bicyclic) bond motifs is 1. The second-order valence-electron chi connectivity index (χ2n) is 14.1. The van der Waals surface area contributed by atoms with E-state index in [1.165, 1.54) is 16.6 Å². The number of rotatable bonds is 8. The van der Waals surface area contributed by atoms with Gasteiger partial charge in [-0.3, -0.25) is 4.90 Å². The van der Waals surface area contributed by atoms with Gasteiger partial charge in [-0.25, -0.2) is 4.39 Å². The fourth-order valence-corrected chi connectivity index (χ4v) is 8.97. The van der Waals surface area contributed by atoms with Crippen LogP contribution in [0.25, 0.3) is 10.1 Å². The zero-order valence-corrected chi connectivity index (χ0v) is 30.0. The maximum absolute atomic E-state index is 15.8. The first-order valence-corrected chi connectivity index (χ1v) is 19.1. The van der Waals surface area contributed by atoms with E-state index in [-0.39, 0.29) is 37.3 Å². The lowest BCUT2D eigenvalue weighted by Gasteiger charge is -2.50. The van der Waals surface area contributed by atoms with Gasteiger partial charge in [0.05, 0.1) is 58.3 Å². The van der Waals surface area contributed by atoms with Crippen LogP contribution in [0.5, 0.6) is 5.75 Å². The standard InChI is InChI=1S/C36H46F4N3O2PS/c1-34(2)19-23(20-35(3,4)45-34)43-17-15-28(27(37)22-43)42-30-11-8-10-25-26(21-36(38,39)40)32(47-33(25)30)12-9-16-41-29-14-13-24(46(6)7)18-31(29)44-5/h8,10-11,13-14,18,23,27-28,41-42H,15-17,19-22H2,1-7H3/t27-,28+/m0/s1. The summed E-state index contributed by atoms with van der Waals surface area (Å²) in [4.78, 5) is 2.62. The van der Waals surface area contributed by atoms with Gasteiger partial charge in [-0.15, -0.1) is 11.3 Å². The zero-order valence-electron chi connectivity index (χ0n) is 28.3. The van der Waals surface area contributed by atoms with Crippen molar-refractivity contribution in [3.8, 4) is 17.6 Å². The molecule has 2 aromatic carbocycles. The molecule has 47 heavy (non-hydrogen) atoms. The first kappa shape index (κ1) is 35.7. The van der Waals surface area contributed by atoms with Crippen molar-refractivity contribution in [2.24, 2.45) is 0 Å². The molecule has 0 unspecified atom stereocenters. The Labute approximate surface area is 281 Å². The van der Waals surface area contributed by atoms with Crippen LogP contribution in [-0.4, -0.2) is 80.6 Å². The van der Waals surface area contributed by atoms with E-state index in [9.17, 15) is 13.2 Å². The predicted octanol–water partition coefficient (Wildman–Crippen LogP) is 8.41. The van der Waals surface area contributed by atoms with Crippen LogP contribution in [0.2, 0.25) is 0 Å². The Bertz CT molecular complexity index is 1610. The van der Waals surface area contributed by atoms with Crippen molar-refractivity contribution < 1.29 is 27.0 Å². The van der Waals surface area contributed by atoms with Crippen molar-refractivity contribution in [2.75, 3.05) is 50.7 Å². The number of anilines is 2. The molecular formula is C36H46F4N3O2PS. The molecule has 3 aromatic rings. The molecule has 2 fully saturated rings. The number of hydrogen-bond donors (Lipinski definition) is 2. The highest BCUT2D eigenvalue weighted by Crippen LogP contribution is 2.41. The van der Waals surface area contributed by atoms with Gasteiger partial charge in [-0.1, -0.05) is 38.0 Å². The molecule has 0 saturated carbocycles. The molecule has 0 bridgehead atoms. The van der Waals surface area contributed by atoms with E-state index < -0.39 is 24.8 Å². The monoisotopic (exact) mass is 691 g/mol. The van der Waals surface area contributed by atoms with E-state index in [0.29, 0.717) is 39.4 Å². The number of alkyl halides is 4. The van der Waals surface area contributed by atoms with Crippen LogP contribution in [0.3, 0.4) is 0 Å². The number of benzene rings is 2. The van der Waals surface area contributed by atoms with Gasteiger partial charge < -0.3 is 20.1 Å². The van der Waals surface area contributed by atoms with Crippen LogP contribution in [0.15, 0.2) is 36.4 Å². The van der Waals surface area contributed by atoms with Crippen LogP contribution in [0.1, 0.15) is 57.4 Å². The van der Waals surface area contributed by atoms with Crippen LogP contribution >= 0.6 is 19.3 Å². The molecule has 5 rings (SSSR count). The Hall–Kier alpha value is -2.57. The third kappa shape index (κ3) is 8.92. The number of nitrogens with zero attached hydrogens (tertiary/aromatic N) is 1. The normalized spacial score (nSPS) is 21.8. The van der Waals surface area contributed by atoms with Crippen molar-refractivity contribution in [1.82, 2.24) is 4.90 Å². The molecule has 2 aliphatic heterocycles. The molecule has 0 spiro atoms. The third-order valence-corrected chi connectivity index (χ3v) is 11.4. The predicted molar refractivity (Wildman–Crippen MR) is 189 cm³/mol. The number of likely N-dealkylation sites (tertiary alicyclic amines) is 1. The van der Waals surface area contributed by atoms with Crippen LogP contribution < -0.4 is 20.7 Å². The quantitative estimate of drug-likeness (QED) is 0.141. The van der Waals surface area contributed by atoms with Gasteiger partial charge in [0.25, 0.3) is 0 Å². The Kier molecular flexibility index (Phi) is 10.7. The maximum atomic E-state index is 15.8. The van der Waals surface area contributed by atoms with Crippen molar-refractivity contribution in [3.63, 3.8) is 0 Å². The highest BCUT2D eigenvalue weighted by Gasteiger charge is 2.43. The molecule has 2 aliphatic rings. The van der Waals surface area contributed by atoms with Crippen molar-refractivity contribution >= 4 is 46.0 Å². The van der Waals surface area contributed by atoms with Crippen LogP contribution in [0.4, 0.5) is 28.9 Å². The molecule has 0 radical (unpaired) electrons. The molecule has 3 heterocycles. The van der Waals surface area contributed by atoms with Gasteiger partial charge in [0, 0.05) is 19.1 Å². The zero-order chi connectivity index (χ0) is 34.1. The van der Waals surface area contributed by atoms with Gasteiger partial charge in [0.1, 0.15) is 11.9 Å². The van der Waals surface area contributed by atoms with Crippen molar-refractivity contribution in [3.05, 3.63) is 46.8 Å². The van der Waals surface area contributed by atoms with Crippen molar-refractivity contribution in [2.45, 2.75) is 89.0 Å². The molecule has 2 N–H and O–H groups in total. The Balaban J connectivity index is 1.33. The van der Waals surface area contributed by atoms with Gasteiger partial charge in [0.2, 0.25) is 0 Å². The summed E-state index contributed by atoms with van der Waals surface area (Å²) in [7, 11) is 1.33. The van der Waals surface area contributed by atoms with Gasteiger partial charge >= 0.3 is 6.18 Å². The summed E-state index contributed by atoms with van der Waals surface area (Å²) >= 11 is 1.23. The number of piperidine rings is 1. The highest BCUT2D eigenvalue weighted by molar-refractivity contribution is 7.64. The Morgan fingerprint density at radius 3 is 2.45 bits per heavy atom. The minimum Gasteiger partial charge on any atom is -0.495 e. The summed E-state index contributed by atoms with van der Waals surface area (Å²) < 4.78 is 69.5. The number of hydrogen-bond acceptors (Lipinski definition) is 6. The molecular weight excluding hydrogens is 645 g/mol. The smallest absolute Gasteiger partial charge is 0.393 e. The summed E-state index contributed by atoms with van der Waals surface area (Å²) in [5, 5.41) is 8.32.